The van der Waals surface area contributed by atoms with Crippen LogP contribution in [0.15, 0.2) is 36.4 Å². The summed E-state index contributed by atoms with van der Waals surface area (Å²) in [5.41, 5.74) is 3.55. The Hall–Kier alpha value is -2.44. The third kappa shape index (κ3) is 4.77. The first kappa shape index (κ1) is 19.9. The molecule has 6 nitrogen and oxygen atoms in total. The van der Waals surface area contributed by atoms with Crippen molar-refractivity contribution in [1.82, 2.24) is 15.1 Å². The highest BCUT2D eigenvalue weighted by molar-refractivity contribution is 6.32. The predicted octanol–water partition coefficient (Wildman–Crippen LogP) is 3.45. The quantitative estimate of drug-likeness (QED) is 0.831. The van der Waals surface area contributed by atoms with Crippen molar-refractivity contribution in [3.63, 3.8) is 0 Å². The molecule has 7 heteroatoms. The van der Waals surface area contributed by atoms with Crippen molar-refractivity contribution in [2.24, 2.45) is 0 Å². The summed E-state index contributed by atoms with van der Waals surface area (Å²) in [7, 11) is 0. The maximum Gasteiger partial charge on any atom is 0.317 e. The van der Waals surface area contributed by atoms with Crippen molar-refractivity contribution >= 4 is 17.6 Å². The average Bonchev–Trinajstić information content (AvgIpc) is 2.74. The van der Waals surface area contributed by atoms with Crippen LogP contribution >= 0.6 is 11.6 Å². The molecule has 0 unspecified atom stereocenters. The van der Waals surface area contributed by atoms with Gasteiger partial charge in [0.1, 0.15) is 13.2 Å². The number of hydrogen-bond acceptors (Lipinski definition) is 4. The van der Waals surface area contributed by atoms with Crippen molar-refractivity contribution in [3.05, 3.63) is 58.1 Å². The van der Waals surface area contributed by atoms with Gasteiger partial charge < -0.3 is 19.7 Å². The van der Waals surface area contributed by atoms with Gasteiger partial charge in [0.05, 0.1) is 5.02 Å². The van der Waals surface area contributed by atoms with Gasteiger partial charge in [-0.15, -0.1) is 0 Å². The fraction of sp³-hybridized carbons (Fsp3) is 0.409. The number of nitrogens with zero attached hydrogens (tertiary/aromatic N) is 2. The van der Waals surface area contributed by atoms with Crippen LogP contribution in [0.5, 0.6) is 11.5 Å². The summed E-state index contributed by atoms with van der Waals surface area (Å²) in [6.07, 6.45) is 0. The molecule has 2 amide bonds. The van der Waals surface area contributed by atoms with Crippen molar-refractivity contribution < 1.29 is 14.3 Å². The second-order valence-electron chi connectivity index (χ2n) is 7.45. The highest BCUT2D eigenvalue weighted by atomic mass is 35.5. The molecule has 0 radical (unpaired) electrons. The third-order valence-electron chi connectivity index (χ3n) is 5.42. The van der Waals surface area contributed by atoms with E-state index in [9.17, 15) is 4.79 Å². The summed E-state index contributed by atoms with van der Waals surface area (Å²) in [5.74, 6) is 1.22. The first-order valence-electron chi connectivity index (χ1n) is 9.98. The highest BCUT2D eigenvalue weighted by Crippen LogP contribution is 2.38. The zero-order valence-electron chi connectivity index (χ0n) is 16.6. The molecule has 2 aliphatic rings. The Balaban J connectivity index is 1.27. The van der Waals surface area contributed by atoms with Crippen LogP contribution in [0.2, 0.25) is 5.02 Å². The number of piperazine rings is 1. The summed E-state index contributed by atoms with van der Waals surface area (Å²) in [6.45, 7) is 7.67. The molecule has 0 saturated carbocycles. The Morgan fingerprint density at radius 2 is 1.86 bits per heavy atom. The molecule has 0 aliphatic carbocycles. The van der Waals surface area contributed by atoms with Crippen LogP contribution in [-0.4, -0.2) is 55.2 Å². The van der Waals surface area contributed by atoms with Crippen LogP contribution in [0.1, 0.15) is 16.7 Å². The van der Waals surface area contributed by atoms with Gasteiger partial charge in [-0.1, -0.05) is 35.9 Å². The van der Waals surface area contributed by atoms with E-state index in [2.05, 4.69) is 41.4 Å². The summed E-state index contributed by atoms with van der Waals surface area (Å²) < 4.78 is 11.1. The summed E-state index contributed by atoms with van der Waals surface area (Å²) in [4.78, 5) is 16.8. The maximum atomic E-state index is 12.6. The number of fused-ring (bicyclic) bond motifs is 1. The Morgan fingerprint density at radius 1 is 1.10 bits per heavy atom. The standard InChI is InChI=1S/C22H26ClN3O3/c1-16-4-2-3-5-18(16)15-25-6-8-26(9-7-25)22(27)24-14-17-12-19(23)21-20(13-17)28-10-11-29-21/h2-5,12-13H,6-11,14-15H2,1H3,(H,24,27). The highest BCUT2D eigenvalue weighted by Gasteiger charge is 2.22. The number of ether oxygens (including phenoxy) is 2. The molecule has 2 heterocycles. The van der Waals surface area contributed by atoms with Crippen LogP contribution < -0.4 is 14.8 Å². The lowest BCUT2D eigenvalue weighted by atomic mass is 10.1. The van der Waals surface area contributed by atoms with E-state index in [1.165, 1.54) is 11.1 Å². The molecule has 0 aromatic heterocycles. The second-order valence-corrected chi connectivity index (χ2v) is 7.86. The molecule has 0 spiro atoms. The van der Waals surface area contributed by atoms with Crippen LogP contribution in [0.25, 0.3) is 0 Å². The Bertz CT molecular complexity index is 882. The van der Waals surface area contributed by atoms with E-state index in [4.69, 9.17) is 21.1 Å². The predicted molar refractivity (Wildman–Crippen MR) is 113 cm³/mol. The second kappa shape index (κ2) is 8.93. The van der Waals surface area contributed by atoms with E-state index in [1.54, 1.807) is 0 Å². The van der Waals surface area contributed by atoms with Crippen molar-refractivity contribution in [3.8, 4) is 11.5 Å². The largest absolute Gasteiger partial charge is 0.486 e. The molecule has 1 N–H and O–H groups in total. The lowest BCUT2D eigenvalue weighted by Gasteiger charge is -2.35. The van der Waals surface area contributed by atoms with Crippen LogP contribution in [0.4, 0.5) is 4.79 Å². The molecule has 2 aliphatic heterocycles. The van der Waals surface area contributed by atoms with Gasteiger partial charge in [0.2, 0.25) is 0 Å². The number of benzene rings is 2. The number of aryl methyl sites for hydroxylation is 1. The number of rotatable bonds is 4. The first-order chi connectivity index (χ1) is 14.1. The number of carbonyl (C=O) groups excluding carboxylic acids is 1. The number of hydrogen-bond donors (Lipinski definition) is 1. The van der Waals surface area contributed by atoms with Gasteiger partial charge in [0.25, 0.3) is 0 Å². The zero-order chi connectivity index (χ0) is 20.2. The molecule has 1 fully saturated rings. The molecule has 154 valence electrons. The van der Waals surface area contributed by atoms with Crippen molar-refractivity contribution in [2.45, 2.75) is 20.0 Å². The topological polar surface area (TPSA) is 54.0 Å². The van der Waals surface area contributed by atoms with Gasteiger partial charge >= 0.3 is 6.03 Å². The molecule has 29 heavy (non-hydrogen) atoms. The van der Waals surface area contributed by atoms with Gasteiger partial charge in [-0.3, -0.25) is 4.90 Å². The van der Waals surface area contributed by atoms with E-state index < -0.39 is 0 Å². The molecular formula is C22H26ClN3O3. The zero-order valence-corrected chi connectivity index (χ0v) is 17.4. The van der Waals surface area contributed by atoms with Crippen molar-refractivity contribution in [2.75, 3.05) is 39.4 Å². The SMILES string of the molecule is Cc1ccccc1CN1CCN(C(=O)NCc2cc(Cl)c3c(c2)OCCO3)CC1. The van der Waals surface area contributed by atoms with E-state index in [0.717, 1.165) is 38.3 Å². The van der Waals surface area contributed by atoms with E-state index in [-0.39, 0.29) is 6.03 Å². The van der Waals surface area contributed by atoms with Gasteiger partial charge in [0.15, 0.2) is 11.5 Å². The van der Waals surface area contributed by atoms with Gasteiger partial charge in [-0.25, -0.2) is 4.79 Å². The molecule has 1 saturated heterocycles. The van der Waals surface area contributed by atoms with E-state index >= 15 is 0 Å². The van der Waals surface area contributed by atoms with Gasteiger partial charge in [0, 0.05) is 39.3 Å². The molecule has 4 rings (SSSR count). The third-order valence-corrected chi connectivity index (χ3v) is 5.70. The molecule has 2 aromatic carbocycles. The fourth-order valence-corrected chi connectivity index (χ4v) is 3.98. The minimum atomic E-state index is -0.0495. The van der Waals surface area contributed by atoms with E-state index in [0.29, 0.717) is 36.3 Å². The number of carbonyl (C=O) groups is 1. The molecule has 0 atom stereocenters. The number of urea groups is 1. The van der Waals surface area contributed by atoms with Gasteiger partial charge in [-0.2, -0.15) is 0 Å². The average molecular weight is 416 g/mol. The Labute approximate surface area is 176 Å². The normalized spacial score (nSPS) is 16.6. The minimum Gasteiger partial charge on any atom is -0.486 e. The maximum absolute atomic E-state index is 12.6. The first-order valence-corrected chi connectivity index (χ1v) is 10.4. The smallest absolute Gasteiger partial charge is 0.317 e. The van der Waals surface area contributed by atoms with Crippen molar-refractivity contribution in [1.29, 1.82) is 0 Å². The lowest BCUT2D eigenvalue weighted by Crippen LogP contribution is -2.51. The van der Waals surface area contributed by atoms with Crippen LogP contribution in [-0.2, 0) is 13.1 Å². The molecule has 0 bridgehead atoms. The van der Waals surface area contributed by atoms with Gasteiger partial charge in [-0.05, 0) is 35.7 Å². The summed E-state index contributed by atoms with van der Waals surface area (Å²) >= 11 is 6.27. The monoisotopic (exact) mass is 415 g/mol. The molecule has 2 aromatic rings. The number of halogens is 1. The fourth-order valence-electron chi connectivity index (χ4n) is 3.69. The number of amides is 2. The Kier molecular flexibility index (Phi) is 6.11. The van der Waals surface area contributed by atoms with Crippen LogP contribution in [0.3, 0.4) is 0 Å². The lowest BCUT2D eigenvalue weighted by molar-refractivity contribution is 0.135. The summed E-state index contributed by atoms with van der Waals surface area (Å²) in [6, 6.07) is 12.1. The summed E-state index contributed by atoms with van der Waals surface area (Å²) in [5, 5.41) is 3.50. The van der Waals surface area contributed by atoms with Crippen LogP contribution in [0, 0.1) is 6.92 Å². The number of nitrogens with one attached hydrogen (secondary N) is 1. The minimum absolute atomic E-state index is 0.0495. The van der Waals surface area contributed by atoms with E-state index in [1.807, 2.05) is 17.0 Å². The molecular weight excluding hydrogens is 390 g/mol. The Morgan fingerprint density at radius 3 is 2.66 bits per heavy atom.